The highest BCUT2D eigenvalue weighted by atomic mass is 16.5. The van der Waals surface area contributed by atoms with Crippen LogP contribution >= 0.6 is 0 Å². The second-order valence-corrected chi connectivity index (χ2v) is 7.58. The number of aliphatic hydroxyl groups is 1. The van der Waals surface area contributed by atoms with Crippen molar-refractivity contribution in [2.24, 2.45) is 0 Å². The predicted octanol–water partition coefficient (Wildman–Crippen LogP) is 4.00. The Bertz CT molecular complexity index is 852. The normalized spacial score (nSPS) is 22.9. The molecular weight excluding hydrogens is 354 g/mol. The zero-order valence-corrected chi connectivity index (χ0v) is 16.9. The molecule has 5 heteroatoms. The molecule has 150 valence electrons. The van der Waals surface area contributed by atoms with Crippen molar-refractivity contribution in [3.8, 4) is 11.5 Å². The number of hydrogen-bond donors (Lipinski definition) is 1. The number of hydrogen-bond acceptors (Lipinski definition) is 5. The molecule has 0 bridgehead atoms. The van der Waals surface area contributed by atoms with Crippen LogP contribution < -0.4 is 14.4 Å². The van der Waals surface area contributed by atoms with Crippen molar-refractivity contribution < 1.29 is 19.3 Å². The number of nitrogens with zero attached hydrogens (tertiary/aromatic N) is 1. The summed E-state index contributed by atoms with van der Waals surface area (Å²) in [5, 5.41) is 11.3. The molecule has 0 aliphatic carbocycles. The number of unbranched alkanes of at least 4 members (excludes halogenated alkanes) is 1. The highest BCUT2D eigenvalue weighted by molar-refractivity contribution is 5.64. The molecule has 4 rings (SSSR count). The summed E-state index contributed by atoms with van der Waals surface area (Å²) in [7, 11) is 3.40. The van der Waals surface area contributed by atoms with Crippen LogP contribution in [0.4, 0.5) is 5.69 Å². The van der Waals surface area contributed by atoms with Gasteiger partial charge in [0.15, 0.2) is 6.23 Å². The Labute approximate surface area is 166 Å². The van der Waals surface area contributed by atoms with Gasteiger partial charge in [-0.05, 0) is 30.5 Å². The molecule has 0 aromatic heterocycles. The SMILES string of the molecule is CCCCc1ccc(OC)c(CN2c3ccccc3[C@]3(O)CCO[C@H]23)c1OC. The second kappa shape index (κ2) is 7.64. The molecule has 1 fully saturated rings. The summed E-state index contributed by atoms with van der Waals surface area (Å²) < 4.78 is 17.5. The van der Waals surface area contributed by atoms with Crippen molar-refractivity contribution in [3.63, 3.8) is 0 Å². The maximum atomic E-state index is 11.3. The average molecular weight is 383 g/mol. The third-order valence-electron chi connectivity index (χ3n) is 5.98. The fraction of sp³-hybridized carbons (Fsp3) is 0.478. The summed E-state index contributed by atoms with van der Waals surface area (Å²) in [6.45, 7) is 3.30. The monoisotopic (exact) mass is 383 g/mol. The van der Waals surface area contributed by atoms with E-state index in [9.17, 15) is 5.11 Å². The van der Waals surface area contributed by atoms with Gasteiger partial charge in [0, 0.05) is 17.7 Å². The predicted molar refractivity (Wildman–Crippen MR) is 109 cm³/mol. The lowest BCUT2D eigenvalue weighted by atomic mass is 9.93. The molecule has 28 heavy (non-hydrogen) atoms. The minimum atomic E-state index is -0.961. The van der Waals surface area contributed by atoms with Crippen molar-refractivity contribution in [2.45, 2.75) is 51.0 Å². The zero-order valence-electron chi connectivity index (χ0n) is 16.9. The van der Waals surface area contributed by atoms with Crippen LogP contribution in [-0.2, 0) is 23.3 Å². The van der Waals surface area contributed by atoms with E-state index in [1.165, 1.54) is 5.56 Å². The molecule has 2 aliphatic heterocycles. The van der Waals surface area contributed by atoms with E-state index in [-0.39, 0.29) is 0 Å². The first-order valence-corrected chi connectivity index (χ1v) is 10.1. The van der Waals surface area contributed by atoms with Gasteiger partial charge in [0.25, 0.3) is 0 Å². The van der Waals surface area contributed by atoms with Crippen LogP contribution in [0.1, 0.15) is 42.9 Å². The summed E-state index contributed by atoms with van der Waals surface area (Å²) in [6.07, 6.45) is 3.43. The molecule has 1 N–H and O–H groups in total. The van der Waals surface area contributed by atoms with E-state index in [4.69, 9.17) is 14.2 Å². The highest BCUT2D eigenvalue weighted by Crippen LogP contribution is 2.50. The number of fused-ring (bicyclic) bond motifs is 3. The summed E-state index contributed by atoms with van der Waals surface area (Å²) in [6, 6.07) is 12.1. The van der Waals surface area contributed by atoms with Crippen molar-refractivity contribution in [3.05, 3.63) is 53.1 Å². The Morgan fingerprint density at radius 3 is 2.75 bits per heavy atom. The van der Waals surface area contributed by atoms with E-state index in [0.29, 0.717) is 19.6 Å². The summed E-state index contributed by atoms with van der Waals surface area (Å²) in [4.78, 5) is 2.15. The highest BCUT2D eigenvalue weighted by Gasteiger charge is 2.54. The number of benzene rings is 2. The quantitative estimate of drug-likeness (QED) is 0.783. The van der Waals surface area contributed by atoms with Crippen molar-refractivity contribution in [1.82, 2.24) is 0 Å². The van der Waals surface area contributed by atoms with E-state index in [2.05, 4.69) is 24.0 Å². The Morgan fingerprint density at radius 2 is 2.00 bits per heavy atom. The number of anilines is 1. The van der Waals surface area contributed by atoms with Crippen molar-refractivity contribution in [2.75, 3.05) is 25.7 Å². The van der Waals surface area contributed by atoms with Crippen LogP contribution in [0.5, 0.6) is 11.5 Å². The minimum Gasteiger partial charge on any atom is -0.496 e. The molecule has 1 saturated heterocycles. The molecule has 2 aromatic carbocycles. The van der Waals surface area contributed by atoms with Gasteiger partial charge >= 0.3 is 0 Å². The van der Waals surface area contributed by atoms with Gasteiger partial charge in [0.2, 0.25) is 0 Å². The Morgan fingerprint density at radius 1 is 1.18 bits per heavy atom. The van der Waals surface area contributed by atoms with Crippen molar-refractivity contribution in [1.29, 1.82) is 0 Å². The van der Waals surface area contributed by atoms with E-state index in [1.807, 2.05) is 24.3 Å². The lowest BCUT2D eigenvalue weighted by Crippen LogP contribution is -2.41. The molecule has 2 aliphatic rings. The van der Waals surface area contributed by atoms with Gasteiger partial charge < -0.3 is 24.2 Å². The Hall–Kier alpha value is -2.24. The standard InChI is InChI=1S/C23H29NO4/c1-4-5-8-16-11-12-20(26-2)17(21(16)27-3)15-24-19-10-7-6-9-18(19)23(25)13-14-28-22(23)24/h6-7,9-12,22,25H,4-5,8,13-15H2,1-3H3/t22-,23+/m0/s1. The number of rotatable bonds is 7. The number of methoxy groups -OCH3 is 2. The van der Waals surface area contributed by atoms with Crippen LogP contribution in [0.15, 0.2) is 36.4 Å². The molecule has 0 spiro atoms. The molecule has 2 heterocycles. The largest absolute Gasteiger partial charge is 0.496 e. The minimum absolute atomic E-state index is 0.390. The molecule has 5 nitrogen and oxygen atoms in total. The van der Waals surface area contributed by atoms with Gasteiger partial charge in [-0.15, -0.1) is 0 Å². The third kappa shape index (κ3) is 2.93. The fourth-order valence-electron chi connectivity index (χ4n) is 4.58. The first kappa shape index (κ1) is 19.1. The Balaban J connectivity index is 1.76. The first-order chi connectivity index (χ1) is 13.6. The van der Waals surface area contributed by atoms with Crippen LogP contribution in [0, 0.1) is 0 Å². The van der Waals surface area contributed by atoms with E-state index >= 15 is 0 Å². The lowest BCUT2D eigenvalue weighted by molar-refractivity contribution is -0.0314. The molecular formula is C23H29NO4. The molecule has 0 amide bonds. The third-order valence-corrected chi connectivity index (χ3v) is 5.98. The van der Waals surface area contributed by atoms with Crippen LogP contribution in [0.25, 0.3) is 0 Å². The van der Waals surface area contributed by atoms with Gasteiger partial charge in [-0.1, -0.05) is 37.6 Å². The zero-order chi connectivity index (χ0) is 19.7. The Kier molecular flexibility index (Phi) is 5.21. The van der Waals surface area contributed by atoms with Gasteiger partial charge in [-0.2, -0.15) is 0 Å². The van der Waals surface area contributed by atoms with Crippen LogP contribution in [0.3, 0.4) is 0 Å². The summed E-state index contributed by atoms with van der Waals surface area (Å²) in [5.74, 6) is 1.67. The van der Waals surface area contributed by atoms with Crippen molar-refractivity contribution >= 4 is 5.69 Å². The number of para-hydroxylation sites is 1. The maximum Gasteiger partial charge on any atom is 0.163 e. The first-order valence-electron chi connectivity index (χ1n) is 10.1. The second-order valence-electron chi connectivity index (χ2n) is 7.58. The fourth-order valence-corrected chi connectivity index (χ4v) is 4.58. The maximum absolute atomic E-state index is 11.3. The topological polar surface area (TPSA) is 51.2 Å². The van der Waals surface area contributed by atoms with E-state index in [0.717, 1.165) is 47.6 Å². The van der Waals surface area contributed by atoms with Crippen LogP contribution in [0.2, 0.25) is 0 Å². The van der Waals surface area contributed by atoms with Gasteiger partial charge in [-0.3, -0.25) is 0 Å². The molecule has 2 aromatic rings. The summed E-state index contributed by atoms with van der Waals surface area (Å²) >= 11 is 0. The van der Waals surface area contributed by atoms with Gasteiger partial charge in [0.05, 0.1) is 32.9 Å². The smallest absolute Gasteiger partial charge is 0.163 e. The van der Waals surface area contributed by atoms with E-state index in [1.54, 1.807) is 14.2 Å². The van der Waals surface area contributed by atoms with Gasteiger partial charge in [0.1, 0.15) is 17.1 Å². The molecule has 2 atom stereocenters. The average Bonchev–Trinajstić information content (AvgIpc) is 3.21. The van der Waals surface area contributed by atoms with Gasteiger partial charge in [-0.25, -0.2) is 0 Å². The number of aryl methyl sites for hydroxylation is 1. The molecule has 0 saturated carbocycles. The summed E-state index contributed by atoms with van der Waals surface area (Å²) in [5.41, 5.74) is 3.18. The van der Waals surface area contributed by atoms with Crippen LogP contribution in [-0.4, -0.2) is 32.2 Å². The number of ether oxygens (including phenoxy) is 3. The molecule has 0 radical (unpaired) electrons. The van der Waals surface area contributed by atoms with E-state index < -0.39 is 11.8 Å². The lowest BCUT2D eigenvalue weighted by Gasteiger charge is -2.30. The molecule has 0 unspecified atom stereocenters.